The van der Waals surface area contributed by atoms with Crippen LogP contribution in [0.1, 0.15) is 6.92 Å². The molecule has 4 nitrogen and oxygen atoms in total. The van der Waals surface area contributed by atoms with Crippen LogP contribution in [-0.2, 0) is 14.4 Å². The van der Waals surface area contributed by atoms with Crippen LogP contribution in [0.5, 0.6) is 0 Å². The fraction of sp³-hybridized carbons (Fsp3) is 0.125. The van der Waals surface area contributed by atoms with Crippen molar-refractivity contribution in [3.8, 4) is 0 Å². The minimum Gasteiger partial charge on any atom is -0.318 e. The highest BCUT2D eigenvalue weighted by Gasteiger charge is 2.11. The molecule has 0 N–H and O–H groups in total. The second kappa shape index (κ2) is 3.75. The van der Waals surface area contributed by atoms with Gasteiger partial charge in [-0.1, -0.05) is 5.16 Å². The van der Waals surface area contributed by atoms with E-state index in [0.29, 0.717) is 0 Å². The Kier molecular flexibility index (Phi) is 2.69. The molecule has 0 bridgehead atoms. The molecule has 0 aromatic rings. The van der Waals surface area contributed by atoms with E-state index >= 15 is 0 Å². The number of carbonyl (C=O) groups excluding carboxylic acids is 2. The van der Waals surface area contributed by atoms with Crippen LogP contribution < -0.4 is 0 Å². The van der Waals surface area contributed by atoms with Gasteiger partial charge in [0, 0.05) is 13.0 Å². The monoisotopic (exact) mass is 183 g/mol. The lowest BCUT2D eigenvalue weighted by atomic mass is 10.1. The zero-order valence-electron chi connectivity index (χ0n) is 6.78. The van der Waals surface area contributed by atoms with Crippen LogP contribution in [0.25, 0.3) is 0 Å². The molecule has 0 saturated carbocycles. The zero-order chi connectivity index (χ0) is 9.84. The first-order valence-corrected chi connectivity index (χ1v) is 3.45. The molecule has 1 aliphatic carbocycles. The first kappa shape index (κ1) is 9.31. The Balaban J connectivity index is 2.74. The highest BCUT2D eigenvalue weighted by molar-refractivity contribution is 6.18. The number of carbonyl (C=O) groups is 2. The van der Waals surface area contributed by atoms with Crippen LogP contribution in [0.15, 0.2) is 29.2 Å². The number of halogens is 1. The Labute approximate surface area is 73.4 Å². The van der Waals surface area contributed by atoms with Gasteiger partial charge in [0.05, 0.1) is 0 Å². The average Bonchev–Trinajstić information content (AvgIpc) is 2.07. The molecule has 0 unspecified atom stereocenters. The first-order valence-electron chi connectivity index (χ1n) is 3.45. The number of hydrogen-bond acceptors (Lipinski definition) is 4. The molecule has 1 rings (SSSR count). The minimum atomic E-state index is -0.923. The van der Waals surface area contributed by atoms with Crippen molar-refractivity contribution in [2.24, 2.45) is 5.16 Å². The maximum Gasteiger partial charge on any atom is 0.331 e. The fourth-order valence-corrected chi connectivity index (χ4v) is 0.664. The summed E-state index contributed by atoms with van der Waals surface area (Å²) in [4.78, 5) is 25.1. The molecular weight excluding hydrogens is 177 g/mol. The third-order valence-corrected chi connectivity index (χ3v) is 1.20. The van der Waals surface area contributed by atoms with Gasteiger partial charge in [0.15, 0.2) is 5.83 Å². The van der Waals surface area contributed by atoms with E-state index in [1.54, 1.807) is 0 Å². The van der Waals surface area contributed by atoms with Crippen molar-refractivity contribution in [3.05, 3.63) is 24.1 Å². The van der Waals surface area contributed by atoms with Gasteiger partial charge in [0.1, 0.15) is 5.71 Å². The van der Waals surface area contributed by atoms with Gasteiger partial charge >= 0.3 is 5.97 Å². The van der Waals surface area contributed by atoms with Crippen LogP contribution in [0.2, 0.25) is 0 Å². The van der Waals surface area contributed by atoms with Gasteiger partial charge in [0.2, 0.25) is 5.78 Å². The molecule has 0 aromatic carbocycles. The van der Waals surface area contributed by atoms with Gasteiger partial charge in [0.25, 0.3) is 0 Å². The van der Waals surface area contributed by atoms with Crippen LogP contribution in [0.3, 0.4) is 0 Å². The lowest BCUT2D eigenvalue weighted by molar-refractivity contribution is -0.140. The molecule has 0 atom stereocenters. The van der Waals surface area contributed by atoms with Crippen LogP contribution in [-0.4, -0.2) is 17.5 Å². The van der Waals surface area contributed by atoms with Crippen LogP contribution in [0.4, 0.5) is 4.39 Å². The third kappa shape index (κ3) is 2.62. The van der Waals surface area contributed by atoms with Crippen molar-refractivity contribution in [2.45, 2.75) is 6.92 Å². The summed E-state index contributed by atoms with van der Waals surface area (Å²) in [6.45, 7) is 1.17. The molecule has 1 aliphatic rings. The van der Waals surface area contributed by atoms with Gasteiger partial charge in [-0.25, -0.2) is 9.18 Å². The third-order valence-electron chi connectivity index (χ3n) is 1.20. The molecule has 0 fully saturated rings. The largest absolute Gasteiger partial charge is 0.331 e. The fourth-order valence-electron chi connectivity index (χ4n) is 0.664. The van der Waals surface area contributed by atoms with Crippen LogP contribution >= 0.6 is 0 Å². The van der Waals surface area contributed by atoms with E-state index in [1.165, 1.54) is 13.0 Å². The number of hydrogen-bond donors (Lipinski definition) is 0. The molecule has 13 heavy (non-hydrogen) atoms. The van der Waals surface area contributed by atoms with E-state index in [1.807, 2.05) is 0 Å². The Bertz CT molecular complexity index is 341. The van der Waals surface area contributed by atoms with Crippen molar-refractivity contribution in [1.29, 1.82) is 0 Å². The Hall–Kier alpha value is -1.78. The van der Waals surface area contributed by atoms with Gasteiger partial charge in [-0.05, 0) is 12.2 Å². The number of nitrogens with zero attached hydrogens (tertiary/aromatic N) is 1. The summed E-state index contributed by atoms with van der Waals surface area (Å²) >= 11 is 0. The lowest BCUT2D eigenvalue weighted by Gasteiger charge is -1.99. The number of ketones is 1. The highest BCUT2D eigenvalue weighted by Crippen LogP contribution is 2.06. The SMILES string of the molecule is CC(=O)ON=C1C=CC(=O)C(F)=C1. The Morgan fingerprint density at radius 3 is 2.77 bits per heavy atom. The van der Waals surface area contributed by atoms with Crippen LogP contribution in [0, 0.1) is 0 Å². The molecule has 0 spiro atoms. The van der Waals surface area contributed by atoms with E-state index in [2.05, 4.69) is 9.99 Å². The molecule has 0 amide bonds. The smallest absolute Gasteiger partial charge is 0.318 e. The molecule has 0 aliphatic heterocycles. The Morgan fingerprint density at radius 1 is 1.54 bits per heavy atom. The van der Waals surface area contributed by atoms with Gasteiger partial charge in [-0.3, -0.25) is 4.79 Å². The summed E-state index contributed by atoms with van der Waals surface area (Å²) in [6, 6.07) is 0. The molecule has 0 radical (unpaired) electrons. The number of rotatable bonds is 1. The summed E-state index contributed by atoms with van der Waals surface area (Å²) in [5.74, 6) is -2.25. The van der Waals surface area contributed by atoms with E-state index in [-0.39, 0.29) is 5.71 Å². The van der Waals surface area contributed by atoms with Crippen molar-refractivity contribution in [3.63, 3.8) is 0 Å². The molecule has 0 heterocycles. The maximum absolute atomic E-state index is 12.6. The number of oxime groups is 1. The maximum atomic E-state index is 12.6. The molecule has 5 heteroatoms. The summed E-state index contributed by atoms with van der Waals surface area (Å²) < 4.78 is 12.6. The zero-order valence-corrected chi connectivity index (χ0v) is 6.78. The highest BCUT2D eigenvalue weighted by atomic mass is 19.1. The van der Waals surface area contributed by atoms with Crippen molar-refractivity contribution >= 4 is 17.5 Å². The Morgan fingerprint density at radius 2 is 2.23 bits per heavy atom. The predicted octanol–water partition coefficient (Wildman–Crippen LogP) is 0.898. The normalized spacial score (nSPS) is 18.8. The summed E-state index contributed by atoms with van der Waals surface area (Å²) in [5.41, 5.74) is 0.0901. The van der Waals surface area contributed by atoms with Gasteiger partial charge in [-0.2, -0.15) is 0 Å². The van der Waals surface area contributed by atoms with Crippen molar-refractivity contribution < 1.29 is 18.8 Å². The van der Waals surface area contributed by atoms with E-state index < -0.39 is 17.6 Å². The molecule has 68 valence electrons. The molecular formula is C8H6FNO3. The van der Waals surface area contributed by atoms with Gasteiger partial charge < -0.3 is 4.84 Å². The van der Waals surface area contributed by atoms with E-state index in [9.17, 15) is 14.0 Å². The minimum absolute atomic E-state index is 0.0901. The average molecular weight is 183 g/mol. The molecule has 0 saturated heterocycles. The topological polar surface area (TPSA) is 55.7 Å². The lowest BCUT2D eigenvalue weighted by Crippen LogP contribution is -2.05. The predicted molar refractivity (Wildman–Crippen MR) is 42.5 cm³/mol. The quantitative estimate of drug-likeness (QED) is 0.344. The summed E-state index contributed by atoms with van der Waals surface area (Å²) in [6.07, 6.45) is 3.16. The number of allylic oxidation sites excluding steroid dienone is 4. The standard InChI is InChI=1S/C8H6FNO3/c1-5(11)13-10-6-2-3-8(12)7(9)4-6/h2-4H,1H3. The van der Waals surface area contributed by atoms with Crippen molar-refractivity contribution in [2.75, 3.05) is 0 Å². The molecule has 0 aromatic heterocycles. The summed E-state index contributed by atoms with van der Waals surface area (Å²) in [5, 5.41) is 3.28. The second-order valence-corrected chi connectivity index (χ2v) is 2.29. The second-order valence-electron chi connectivity index (χ2n) is 2.29. The van der Waals surface area contributed by atoms with E-state index in [4.69, 9.17) is 0 Å². The van der Waals surface area contributed by atoms with Crippen molar-refractivity contribution in [1.82, 2.24) is 0 Å². The van der Waals surface area contributed by atoms with Gasteiger partial charge in [-0.15, -0.1) is 0 Å². The first-order chi connectivity index (χ1) is 6.09. The van der Waals surface area contributed by atoms with E-state index in [0.717, 1.165) is 12.2 Å². The summed E-state index contributed by atoms with van der Waals surface area (Å²) in [7, 11) is 0.